The van der Waals surface area contributed by atoms with Crippen LogP contribution in [0, 0.1) is 0 Å². The number of thiophene rings is 1. The lowest BCUT2D eigenvalue weighted by Crippen LogP contribution is -2.57. The molecule has 1 fully saturated rings. The molecule has 6 nitrogen and oxygen atoms in total. The van der Waals surface area contributed by atoms with Gasteiger partial charge in [0.2, 0.25) is 0 Å². The fourth-order valence-corrected chi connectivity index (χ4v) is 5.46. The van der Waals surface area contributed by atoms with Crippen molar-refractivity contribution < 1.29 is 14.3 Å². The first-order chi connectivity index (χ1) is 14.7. The van der Waals surface area contributed by atoms with Gasteiger partial charge in [0, 0.05) is 37.2 Å². The van der Waals surface area contributed by atoms with E-state index in [0.29, 0.717) is 22.2 Å². The van der Waals surface area contributed by atoms with E-state index in [9.17, 15) is 9.59 Å². The van der Waals surface area contributed by atoms with Crippen LogP contribution in [0.25, 0.3) is 0 Å². The summed E-state index contributed by atoms with van der Waals surface area (Å²) >= 11 is 7.15. The standard InChI is InChI=1S/C23H28ClN3O3S/c1-22(2)13-27(3)10-8-15-4-5-16(12-17(15)22)25-21(29)23(9-11-30-14-23)26-20(28)18-6-7-19(24)31-18/h4-7,12H,8-11,13-14H2,1-3H3,(H,25,29)(H,26,28)/t23-/m1/s1. The highest BCUT2D eigenvalue weighted by molar-refractivity contribution is 7.18. The Bertz CT molecular complexity index is 998. The average Bonchev–Trinajstić information content (AvgIpc) is 3.34. The summed E-state index contributed by atoms with van der Waals surface area (Å²) in [5.74, 6) is -0.576. The van der Waals surface area contributed by atoms with Crippen LogP contribution < -0.4 is 10.6 Å². The molecule has 2 N–H and O–H groups in total. The fraction of sp³-hybridized carbons (Fsp3) is 0.478. The van der Waals surface area contributed by atoms with Crippen molar-refractivity contribution >= 4 is 40.4 Å². The monoisotopic (exact) mass is 461 g/mol. The van der Waals surface area contributed by atoms with Crippen LogP contribution in [0.3, 0.4) is 0 Å². The largest absolute Gasteiger partial charge is 0.378 e. The maximum atomic E-state index is 13.3. The van der Waals surface area contributed by atoms with E-state index >= 15 is 0 Å². The SMILES string of the molecule is CN1CCc2ccc(NC(=O)[C@@]3(NC(=O)c4ccc(Cl)s4)CCOC3)cc2C(C)(C)C1. The number of hydrogen-bond acceptors (Lipinski definition) is 5. The highest BCUT2D eigenvalue weighted by Crippen LogP contribution is 2.33. The molecule has 0 radical (unpaired) electrons. The van der Waals surface area contributed by atoms with E-state index < -0.39 is 5.54 Å². The number of carbonyl (C=O) groups is 2. The van der Waals surface area contributed by atoms with Gasteiger partial charge in [-0.1, -0.05) is 31.5 Å². The third-order valence-electron chi connectivity index (χ3n) is 6.13. The Labute approximate surface area is 191 Å². The molecule has 0 saturated carbocycles. The van der Waals surface area contributed by atoms with Crippen LogP contribution in [0.15, 0.2) is 30.3 Å². The molecule has 2 aliphatic rings. The Morgan fingerprint density at radius 3 is 2.71 bits per heavy atom. The summed E-state index contributed by atoms with van der Waals surface area (Å²) < 4.78 is 6.04. The summed E-state index contributed by atoms with van der Waals surface area (Å²) in [6.07, 6.45) is 1.41. The molecular formula is C23H28ClN3O3S. The fourth-order valence-electron chi connectivity index (χ4n) is 4.52. The molecule has 3 heterocycles. The number of ether oxygens (including phenoxy) is 1. The van der Waals surface area contributed by atoms with Crippen molar-refractivity contribution in [2.45, 2.75) is 37.6 Å². The van der Waals surface area contributed by atoms with Crippen molar-refractivity contribution in [1.82, 2.24) is 10.2 Å². The molecule has 31 heavy (non-hydrogen) atoms. The normalized spacial score (nSPS) is 23.1. The molecule has 1 aromatic carbocycles. The number of rotatable bonds is 4. The van der Waals surface area contributed by atoms with E-state index in [1.807, 2.05) is 6.07 Å². The van der Waals surface area contributed by atoms with E-state index in [1.165, 1.54) is 22.5 Å². The minimum absolute atomic E-state index is 0.0257. The predicted molar refractivity (Wildman–Crippen MR) is 124 cm³/mol. The summed E-state index contributed by atoms with van der Waals surface area (Å²) in [7, 11) is 2.14. The zero-order valence-electron chi connectivity index (χ0n) is 18.1. The van der Waals surface area contributed by atoms with Crippen LogP contribution in [-0.2, 0) is 21.4 Å². The molecule has 166 valence electrons. The quantitative estimate of drug-likeness (QED) is 0.728. The summed E-state index contributed by atoms with van der Waals surface area (Å²) in [6.45, 7) is 7.00. The van der Waals surface area contributed by atoms with E-state index in [0.717, 1.165) is 25.2 Å². The van der Waals surface area contributed by atoms with Crippen LogP contribution >= 0.6 is 22.9 Å². The number of halogens is 1. The minimum Gasteiger partial charge on any atom is -0.378 e. The molecule has 0 unspecified atom stereocenters. The van der Waals surface area contributed by atoms with Crippen molar-refractivity contribution in [1.29, 1.82) is 0 Å². The van der Waals surface area contributed by atoms with Gasteiger partial charge >= 0.3 is 0 Å². The van der Waals surface area contributed by atoms with Crippen molar-refractivity contribution in [2.75, 3.05) is 38.7 Å². The highest BCUT2D eigenvalue weighted by atomic mass is 35.5. The number of fused-ring (bicyclic) bond motifs is 1. The summed E-state index contributed by atoms with van der Waals surface area (Å²) in [4.78, 5) is 28.9. The van der Waals surface area contributed by atoms with Crippen LogP contribution in [-0.4, -0.2) is 55.6 Å². The number of benzene rings is 1. The molecule has 0 bridgehead atoms. The van der Waals surface area contributed by atoms with E-state index in [-0.39, 0.29) is 23.8 Å². The number of anilines is 1. The second kappa shape index (κ2) is 8.54. The molecule has 4 rings (SSSR count). The average molecular weight is 462 g/mol. The van der Waals surface area contributed by atoms with Gasteiger partial charge in [0.1, 0.15) is 5.54 Å². The summed E-state index contributed by atoms with van der Waals surface area (Å²) in [6, 6.07) is 9.47. The molecule has 2 aliphatic heterocycles. The molecule has 2 aromatic rings. The van der Waals surface area contributed by atoms with Gasteiger partial charge in [-0.05, 0) is 48.9 Å². The number of likely N-dealkylation sites (N-methyl/N-ethyl adjacent to an activating group) is 1. The zero-order valence-corrected chi connectivity index (χ0v) is 19.7. The van der Waals surface area contributed by atoms with Gasteiger partial charge in [0.15, 0.2) is 0 Å². The molecule has 8 heteroatoms. The lowest BCUT2D eigenvalue weighted by molar-refractivity contribution is -0.122. The van der Waals surface area contributed by atoms with Crippen molar-refractivity contribution in [3.05, 3.63) is 50.7 Å². The lowest BCUT2D eigenvalue weighted by Gasteiger charge is -2.30. The van der Waals surface area contributed by atoms with Crippen LogP contribution in [0.2, 0.25) is 4.34 Å². The van der Waals surface area contributed by atoms with Gasteiger partial charge in [-0.2, -0.15) is 0 Å². The van der Waals surface area contributed by atoms with Gasteiger partial charge in [-0.25, -0.2) is 0 Å². The lowest BCUT2D eigenvalue weighted by atomic mass is 9.81. The Morgan fingerprint density at radius 1 is 1.23 bits per heavy atom. The molecular weight excluding hydrogens is 434 g/mol. The maximum Gasteiger partial charge on any atom is 0.262 e. The first-order valence-corrected chi connectivity index (χ1v) is 11.7. The van der Waals surface area contributed by atoms with E-state index in [1.54, 1.807) is 12.1 Å². The molecule has 1 aromatic heterocycles. The molecule has 0 aliphatic carbocycles. The van der Waals surface area contributed by atoms with E-state index in [2.05, 4.69) is 48.6 Å². The second-order valence-corrected chi connectivity index (χ2v) is 10.9. The third-order valence-corrected chi connectivity index (χ3v) is 7.36. The first kappa shape index (κ1) is 22.3. The van der Waals surface area contributed by atoms with Gasteiger partial charge in [0.25, 0.3) is 11.8 Å². The topological polar surface area (TPSA) is 70.7 Å². The smallest absolute Gasteiger partial charge is 0.262 e. The highest BCUT2D eigenvalue weighted by Gasteiger charge is 2.44. The molecule has 1 atom stereocenters. The number of carbonyl (C=O) groups excluding carboxylic acids is 2. The summed E-state index contributed by atoms with van der Waals surface area (Å²) in [5.41, 5.74) is 2.18. The Morgan fingerprint density at radius 2 is 2.03 bits per heavy atom. The molecule has 2 amide bonds. The minimum atomic E-state index is -1.10. The Hall–Kier alpha value is -1.93. The van der Waals surface area contributed by atoms with Crippen LogP contribution in [0.1, 0.15) is 41.1 Å². The second-order valence-electron chi connectivity index (χ2n) is 9.14. The predicted octanol–water partition coefficient (Wildman–Crippen LogP) is 3.69. The van der Waals surface area contributed by atoms with Crippen molar-refractivity contribution in [3.63, 3.8) is 0 Å². The number of nitrogens with zero attached hydrogens (tertiary/aromatic N) is 1. The summed E-state index contributed by atoms with van der Waals surface area (Å²) in [5, 5.41) is 5.94. The number of amides is 2. The van der Waals surface area contributed by atoms with Crippen LogP contribution in [0.4, 0.5) is 5.69 Å². The van der Waals surface area contributed by atoms with Gasteiger partial charge in [-0.15, -0.1) is 11.3 Å². The number of hydrogen-bond donors (Lipinski definition) is 2. The zero-order chi connectivity index (χ0) is 22.2. The van der Waals surface area contributed by atoms with Crippen molar-refractivity contribution in [3.8, 4) is 0 Å². The third kappa shape index (κ3) is 4.65. The van der Waals surface area contributed by atoms with Gasteiger partial charge < -0.3 is 20.3 Å². The van der Waals surface area contributed by atoms with Gasteiger partial charge in [-0.3, -0.25) is 9.59 Å². The van der Waals surface area contributed by atoms with Crippen LogP contribution in [0.5, 0.6) is 0 Å². The maximum absolute atomic E-state index is 13.3. The first-order valence-electron chi connectivity index (χ1n) is 10.5. The molecule has 1 saturated heterocycles. The Balaban J connectivity index is 1.55. The number of nitrogens with one attached hydrogen (secondary N) is 2. The Kier molecular flexibility index (Phi) is 6.14. The van der Waals surface area contributed by atoms with Crippen molar-refractivity contribution in [2.24, 2.45) is 0 Å². The molecule has 0 spiro atoms. The van der Waals surface area contributed by atoms with Gasteiger partial charge in [0.05, 0.1) is 15.8 Å². The van der Waals surface area contributed by atoms with E-state index in [4.69, 9.17) is 16.3 Å².